The maximum absolute atomic E-state index is 12.3. The summed E-state index contributed by atoms with van der Waals surface area (Å²) in [5.74, 6) is -0.0393. The minimum atomic E-state index is -0.0393. The minimum Gasteiger partial charge on any atom is -0.348 e. The quantitative estimate of drug-likeness (QED) is 0.851. The Labute approximate surface area is 112 Å². The molecule has 0 aromatic carbocycles. The van der Waals surface area contributed by atoms with Crippen LogP contribution in [0.25, 0.3) is 5.52 Å². The second kappa shape index (κ2) is 5.01. The molecule has 5 nitrogen and oxygen atoms in total. The number of rotatable bonds is 2. The van der Waals surface area contributed by atoms with Gasteiger partial charge in [0.1, 0.15) is 0 Å². The molecule has 2 aromatic rings. The van der Waals surface area contributed by atoms with Crippen molar-refractivity contribution in [1.29, 1.82) is 0 Å². The molecule has 2 aromatic heterocycles. The number of pyridine rings is 1. The largest absolute Gasteiger partial charge is 0.348 e. The van der Waals surface area contributed by atoms with Crippen molar-refractivity contribution in [3.05, 3.63) is 36.2 Å². The lowest BCUT2D eigenvalue weighted by Gasteiger charge is -2.28. The number of aromatic nitrogens is 2. The molecule has 1 amide bonds. The maximum atomic E-state index is 12.3. The van der Waals surface area contributed by atoms with Crippen LogP contribution < -0.4 is 10.6 Å². The van der Waals surface area contributed by atoms with E-state index in [9.17, 15) is 4.79 Å². The van der Waals surface area contributed by atoms with Crippen molar-refractivity contribution in [2.45, 2.75) is 31.8 Å². The molecule has 2 atom stereocenters. The van der Waals surface area contributed by atoms with Gasteiger partial charge in [-0.25, -0.2) is 4.52 Å². The zero-order valence-corrected chi connectivity index (χ0v) is 11.0. The standard InChI is InChI=1S/C14H18N4O/c1-10-5-6-11(8-15-10)17-14(19)12-9-16-18-7-3-2-4-13(12)18/h2-4,7,9-11,15H,5-6,8H2,1H3,(H,17,19). The fourth-order valence-electron chi connectivity index (χ4n) is 2.49. The molecule has 0 bridgehead atoms. The van der Waals surface area contributed by atoms with Crippen LogP contribution >= 0.6 is 0 Å². The third-order valence-corrected chi connectivity index (χ3v) is 3.67. The van der Waals surface area contributed by atoms with E-state index in [0.717, 1.165) is 24.9 Å². The van der Waals surface area contributed by atoms with Gasteiger partial charge in [0.15, 0.2) is 0 Å². The molecule has 3 heterocycles. The van der Waals surface area contributed by atoms with Crippen molar-refractivity contribution < 1.29 is 4.79 Å². The molecule has 2 N–H and O–H groups in total. The van der Waals surface area contributed by atoms with Crippen molar-refractivity contribution in [1.82, 2.24) is 20.2 Å². The first-order chi connectivity index (χ1) is 9.24. The SMILES string of the molecule is CC1CCC(NC(=O)c2cnn3ccccc23)CN1. The normalized spacial score (nSPS) is 23.4. The van der Waals surface area contributed by atoms with E-state index in [1.54, 1.807) is 10.7 Å². The first-order valence-corrected chi connectivity index (χ1v) is 6.70. The number of piperidine rings is 1. The average Bonchev–Trinajstić information content (AvgIpc) is 2.85. The monoisotopic (exact) mass is 258 g/mol. The number of carbonyl (C=O) groups is 1. The Kier molecular flexibility index (Phi) is 3.21. The van der Waals surface area contributed by atoms with Gasteiger partial charge in [0.05, 0.1) is 17.3 Å². The van der Waals surface area contributed by atoms with Crippen molar-refractivity contribution in [2.24, 2.45) is 0 Å². The molecule has 0 saturated carbocycles. The van der Waals surface area contributed by atoms with Crippen LogP contribution in [0.1, 0.15) is 30.1 Å². The van der Waals surface area contributed by atoms with Crippen LogP contribution in [0.2, 0.25) is 0 Å². The van der Waals surface area contributed by atoms with Crippen LogP contribution in [0, 0.1) is 0 Å². The van der Waals surface area contributed by atoms with Crippen LogP contribution in [0.5, 0.6) is 0 Å². The molecule has 0 spiro atoms. The number of fused-ring (bicyclic) bond motifs is 1. The van der Waals surface area contributed by atoms with Gasteiger partial charge in [-0.1, -0.05) is 6.07 Å². The summed E-state index contributed by atoms with van der Waals surface area (Å²) in [4.78, 5) is 12.3. The van der Waals surface area contributed by atoms with E-state index in [4.69, 9.17) is 0 Å². The summed E-state index contributed by atoms with van der Waals surface area (Å²) in [6.07, 6.45) is 5.60. The predicted octanol–water partition coefficient (Wildman–Crippen LogP) is 1.20. The van der Waals surface area contributed by atoms with E-state index in [2.05, 4.69) is 22.7 Å². The molecule has 100 valence electrons. The maximum Gasteiger partial charge on any atom is 0.255 e. The molecule has 2 unspecified atom stereocenters. The van der Waals surface area contributed by atoms with Gasteiger partial charge in [-0.15, -0.1) is 0 Å². The van der Waals surface area contributed by atoms with Gasteiger partial charge < -0.3 is 10.6 Å². The molecule has 5 heteroatoms. The minimum absolute atomic E-state index is 0.0393. The van der Waals surface area contributed by atoms with Crippen LogP contribution in [0.4, 0.5) is 0 Å². The van der Waals surface area contributed by atoms with E-state index in [-0.39, 0.29) is 11.9 Å². The summed E-state index contributed by atoms with van der Waals surface area (Å²) in [5, 5.41) is 10.6. The smallest absolute Gasteiger partial charge is 0.255 e. The van der Waals surface area contributed by atoms with Crippen LogP contribution in [-0.4, -0.2) is 34.1 Å². The number of carbonyl (C=O) groups excluding carboxylic acids is 1. The highest BCUT2D eigenvalue weighted by molar-refractivity contribution is 6.00. The van der Waals surface area contributed by atoms with Gasteiger partial charge in [0.25, 0.3) is 5.91 Å². The van der Waals surface area contributed by atoms with Crippen molar-refractivity contribution >= 4 is 11.4 Å². The number of amides is 1. The summed E-state index contributed by atoms with van der Waals surface area (Å²) >= 11 is 0. The van der Waals surface area contributed by atoms with E-state index < -0.39 is 0 Å². The summed E-state index contributed by atoms with van der Waals surface area (Å²) in [6.45, 7) is 3.01. The van der Waals surface area contributed by atoms with E-state index in [0.29, 0.717) is 11.6 Å². The van der Waals surface area contributed by atoms with E-state index >= 15 is 0 Å². The third kappa shape index (κ3) is 2.46. The number of nitrogens with one attached hydrogen (secondary N) is 2. The van der Waals surface area contributed by atoms with Crippen LogP contribution in [-0.2, 0) is 0 Å². The second-order valence-corrected chi connectivity index (χ2v) is 5.15. The Morgan fingerprint density at radius 3 is 3.16 bits per heavy atom. The van der Waals surface area contributed by atoms with E-state index in [1.165, 1.54) is 0 Å². The molecule has 19 heavy (non-hydrogen) atoms. The highest BCUT2D eigenvalue weighted by atomic mass is 16.1. The number of hydrogen-bond donors (Lipinski definition) is 2. The number of hydrogen-bond acceptors (Lipinski definition) is 3. The van der Waals surface area contributed by atoms with Crippen molar-refractivity contribution in [3.8, 4) is 0 Å². The Morgan fingerprint density at radius 1 is 1.47 bits per heavy atom. The van der Waals surface area contributed by atoms with Crippen LogP contribution in [0.15, 0.2) is 30.6 Å². The zero-order valence-electron chi connectivity index (χ0n) is 11.0. The third-order valence-electron chi connectivity index (χ3n) is 3.67. The van der Waals surface area contributed by atoms with Crippen molar-refractivity contribution in [2.75, 3.05) is 6.54 Å². The topological polar surface area (TPSA) is 58.4 Å². The molecule has 1 aliphatic heterocycles. The Bertz CT molecular complexity index is 584. The molecule has 0 aliphatic carbocycles. The predicted molar refractivity (Wildman–Crippen MR) is 73.1 cm³/mol. The summed E-state index contributed by atoms with van der Waals surface area (Å²) in [7, 11) is 0. The molecular weight excluding hydrogens is 240 g/mol. The highest BCUT2D eigenvalue weighted by Gasteiger charge is 2.21. The fourth-order valence-corrected chi connectivity index (χ4v) is 2.49. The molecule has 1 fully saturated rings. The average molecular weight is 258 g/mol. The Morgan fingerprint density at radius 2 is 2.37 bits per heavy atom. The first kappa shape index (κ1) is 12.2. The molecule has 3 rings (SSSR count). The van der Waals surface area contributed by atoms with Gasteiger partial charge in [0, 0.05) is 24.8 Å². The van der Waals surface area contributed by atoms with Gasteiger partial charge in [0.2, 0.25) is 0 Å². The molecular formula is C14H18N4O. The van der Waals surface area contributed by atoms with E-state index in [1.807, 2.05) is 24.4 Å². The summed E-state index contributed by atoms with van der Waals surface area (Å²) < 4.78 is 1.72. The number of nitrogens with zero attached hydrogens (tertiary/aromatic N) is 2. The first-order valence-electron chi connectivity index (χ1n) is 6.70. The van der Waals surface area contributed by atoms with Gasteiger partial charge >= 0.3 is 0 Å². The fraction of sp³-hybridized carbons (Fsp3) is 0.429. The Hall–Kier alpha value is -1.88. The van der Waals surface area contributed by atoms with Crippen molar-refractivity contribution in [3.63, 3.8) is 0 Å². The lowest BCUT2D eigenvalue weighted by Crippen LogP contribution is -2.48. The lowest BCUT2D eigenvalue weighted by atomic mass is 10.0. The second-order valence-electron chi connectivity index (χ2n) is 5.15. The van der Waals surface area contributed by atoms with Crippen LogP contribution in [0.3, 0.4) is 0 Å². The van der Waals surface area contributed by atoms with Gasteiger partial charge in [-0.3, -0.25) is 4.79 Å². The van der Waals surface area contributed by atoms with Gasteiger partial charge in [-0.2, -0.15) is 5.10 Å². The zero-order chi connectivity index (χ0) is 13.2. The highest BCUT2D eigenvalue weighted by Crippen LogP contribution is 2.12. The lowest BCUT2D eigenvalue weighted by molar-refractivity contribution is 0.0929. The van der Waals surface area contributed by atoms with Gasteiger partial charge in [-0.05, 0) is 31.9 Å². The summed E-state index contributed by atoms with van der Waals surface area (Å²) in [5.41, 5.74) is 1.48. The summed E-state index contributed by atoms with van der Waals surface area (Å²) in [6, 6.07) is 6.47. The Balaban J connectivity index is 1.73. The molecule has 0 radical (unpaired) electrons. The molecule has 1 aliphatic rings. The molecule has 1 saturated heterocycles.